The smallest absolute Gasteiger partial charge is 0.310 e. The maximum absolute atomic E-state index is 12.9. The number of carbonyl (C=O) groups excluding carboxylic acids is 1. The Balaban J connectivity index is 2.26. The minimum Gasteiger partial charge on any atom is -0.444 e. The van der Waals surface area contributed by atoms with Gasteiger partial charge in [-0.05, 0) is 6.42 Å². The second kappa shape index (κ2) is 8.01. The lowest BCUT2D eigenvalue weighted by atomic mass is 9.80. The number of carbonyl (C=O) groups is 1. The molecule has 2 heteroatoms. The quantitative estimate of drug-likeness (QED) is 0.432. The van der Waals surface area contributed by atoms with Crippen molar-refractivity contribution in [3.05, 3.63) is 108 Å². The standard InChI is InChI=1S/C24H24O2/c1-3-19(2)23(25)26-24(20-13-7-4-8-14-20,21-15-9-5-10-16-21)22-17-11-6-12-18-22/h4-19H,3H2,1-2H3. The number of benzene rings is 3. The van der Waals surface area contributed by atoms with Gasteiger partial charge in [0.25, 0.3) is 0 Å². The Kier molecular flexibility index (Phi) is 5.52. The van der Waals surface area contributed by atoms with Gasteiger partial charge in [0.15, 0.2) is 5.60 Å². The van der Waals surface area contributed by atoms with Crippen molar-refractivity contribution in [2.45, 2.75) is 25.9 Å². The van der Waals surface area contributed by atoms with Gasteiger partial charge in [-0.15, -0.1) is 0 Å². The first-order chi connectivity index (χ1) is 12.7. The molecule has 0 amide bonds. The Bertz CT molecular complexity index is 729. The van der Waals surface area contributed by atoms with Gasteiger partial charge in [0.2, 0.25) is 0 Å². The van der Waals surface area contributed by atoms with Crippen molar-refractivity contribution in [2.75, 3.05) is 0 Å². The van der Waals surface area contributed by atoms with Gasteiger partial charge in [0, 0.05) is 16.7 Å². The molecule has 2 nitrogen and oxygen atoms in total. The van der Waals surface area contributed by atoms with Crippen LogP contribution in [0.2, 0.25) is 0 Å². The largest absolute Gasteiger partial charge is 0.444 e. The summed E-state index contributed by atoms with van der Waals surface area (Å²) in [5.74, 6) is -0.352. The van der Waals surface area contributed by atoms with E-state index in [-0.39, 0.29) is 11.9 Å². The van der Waals surface area contributed by atoms with Gasteiger partial charge in [-0.1, -0.05) is 105 Å². The highest BCUT2D eigenvalue weighted by molar-refractivity contribution is 5.74. The van der Waals surface area contributed by atoms with Crippen molar-refractivity contribution in [3.8, 4) is 0 Å². The predicted molar refractivity (Wildman–Crippen MR) is 105 cm³/mol. The van der Waals surface area contributed by atoms with Crippen LogP contribution in [0, 0.1) is 5.92 Å². The molecule has 0 radical (unpaired) electrons. The van der Waals surface area contributed by atoms with Crippen LogP contribution in [0.1, 0.15) is 37.0 Å². The lowest BCUT2D eigenvalue weighted by molar-refractivity contribution is -0.158. The molecule has 26 heavy (non-hydrogen) atoms. The van der Waals surface area contributed by atoms with Gasteiger partial charge >= 0.3 is 5.97 Å². The predicted octanol–water partition coefficient (Wildman–Crippen LogP) is 5.57. The van der Waals surface area contributed by atoms with E-state index in [4.69, 9.17) is 4.74 Å². The molecule has 1 atom stereocenters. The normalized spacial score (nSPS) is 12.4. The third-order valence-electron chi connectivity index (χ3n) is 4.81. The fourth-order valence-corrected chi connectivity index (χ4v) is 3.11. The molecule has 0 aliphatic rings. The fourth-order valence-electron chi connectivity index (χ4n) is 3.11. The Morgan fingerprint density at radius 2 is 1.12 bits per heavy atom. The zero-order valence-electron chi connectivity index (χ0n) is 15.3. The van der Waals surface area contributed by atoms with E-state index in [0.717, 1.165) is 23.1 Å². The highest BCUT2D eigenvalue weighted by Gasteiger charge is 2.41. The molecule has 0 saturated heterocycles. The molecule has 3 aromatic rings. The molecule has 0 bridgehead atoms. The van der Waals surface area contributed by atoms with E-state index in [9.17, 15) is 4.79 Å². The molecular weight excluding hydrogens is 320 g/mol. The SMILES string of the molecule is CCC(C)C(=O)OC(c1ccccc1)(c1ccccc1)c1ccccc1. The summed E-state index contributed by atoms with van der Waals surface area (Å²) in [6.45, 7) is 3.91. The van der Waals surface area contributed by atoms with Gasteiger partial charge in [0.05, 0.1) is 5.92 Å². The van der Waals surface area contributed by atoms with Crippen molar-refractivity contribution in [1.29, 1.82) is 0 Å². The molecule has 0 N–H and O–H groups in total. The van der Waals surface area contributed by atoms with Crippen LogP contribution in [0.15, 0.2) is 91.0 Å². The Morgan fingerprint density at radius 3 is 1.42 bits per heavy atom. The lowest BCUT2D eigenvalue weighted by Crippen LogP contribution is -2.36. The second-order valence-electron chi connectivity index (χ2n) is 6.51. The molecule has 1 unspecified atom stereocenters. The lowest BCUT2D eigenvalue weighted by Gasteiger charge is -2.36. The van der Waals surface area contributed by atoms with Gasteiger partial charge in [0.1, 0.15) is 0 Å². The van der Waals surface area contributed by atoms with Crippen molar-refractivity contribution in [1.82, 2.24) is 0 Å². The molecule has 0 aliphatic carbocycles. The molecule has 0 heterocycles. The van der Waals surface area contributed by atoms with E-state index in [2.05, 4.69) is 0 Å². The monoisotopic (exact) mass is 344 g/mol. The van der Waals surface area contributed by atoms with Gasteiger partial charge in [-0.3, -0.25) is 4.79 Å². The van der Waals surface area contributed by atoms with Crippen molar-refractivity contribution in [2.24, 2.45) is 5.92 Å². The van der Waals surface area contributed by atoms with Crippen LogP contribution in [0.4, 0.5) is 0 Å². The van der Waals surface area contributed by atoms with Crippen molar-refractivity contribution < 1.29 is 9.53 Å². The maximum atomic E-state index is 12.9. The first-order valence-corrected chi connectivity index (χ1v) is 9.08. The van der Waals surface area contributed by atoms with Crippen molar-refractivity contribution >= 4 is 5.97 Å². The van der Waals surface area contributed by atoms with E-state index in [1.54, 1.807) is 0 Å². The van der Waals surface area contributed by atoms with Crippen LogP contribution in [0.5, 0.6) is 0 Å². The third-order valence-corrected chi connectivity index (χ3v) is 4.81. The fraction of sp³-hybridized carbons (Fsp3) is 0.208. The first kappa shape index (κ1) is 17.9. The van der Waals surface area contributed by atoms with Gasteiger partial charge in [-0.2, -0.15) is 0 Å². The molecular formula is C24H24O2. The number of hydrogen-bond acceptors (Lipinski definition) is 2. The molecule has 0 saturated carbocycles. The van der Waals surface area contributed by atoms with E-state index >= 15 is 0 Å². The topological polar surface area (TPSA) is 26.3 Å². The summed E-state index contributed by atoms with van der Waals surface area (Å²) in [6, 6.07) is 29.9. The molecule has 3 aromatic carbocycles. The van der Waals surface area contributed by atoms with Crippen LogP contribution in [0.25, 0.3) is 0 Å². The number of hydrogen-bond donors (Lipinski definition) is 0. The van der Waals surface area contributed by atoms with Crippen LogP contribution in [-0.4, -0.2) is 5.97 Å². The minimum absolute atomic E-state index is 0.162. The zero-order chi connectivity index (χ0) is 18.4. The van der Waals surface area contributed by atoms with Gasteiger partial charge < -0.3 is 4.74 Å². The van der Waals surface area contributed by atoms with Crippen LogP contribution in [-0.2, 0) is 15.1 Å². The molecule has 0 spiro atoms. The molecule has 0 aromatic heterocycles. The number of esters is 1. The third kappa shape index (κ3) is 3.41. The summed E-state index contributed by atoms with van der Waals surface area (Å²) < 4.78 is 6.31. The zero-order valence-corrected chi connectivity index (χ0v) is 15.3. The number of rotatable bonds is 6. The summed E-state index contributed by atoms with van der Waals surface area (Å²) in [7, 11) is 0. The van der Waals surface area contributed by atoms with E-state index < -0.39 is 5.60 Å². The average Bonchev–Trinajstić information content (AvgIpc) is 2.73. The summed E-state index contributed by atoms with van der Waals surface area (Å²) in [6.07, 6.45) is 0.743. The summed E-state index contributed by atoms with van der Waals surface area (Å²) in [5.41, 5.74) is 1.85. The van der Waals surface area contributed by atoms with E-state index in [1.807, 2.05) is 105 Å². The van der Waals surface area contributed by atoms with E-state index in [0.29, 0.717) is 0 Å². The van der Waals surface area contributed by atoms with Gasteiger partial charge in [-0.25, -0.2) is 0 Å². The molecule has 3 rings (SSSR count). The van der Waals surface area contributed by atoms with Crippen molar-refractivity contribution in [3.63, 3.8) is 0 Å². The summed E-state index contributed by atoms with van der Waals surface area (Å²) in [4.78, 5) is 12.9. The molecule has 0 fully saturated rings. The highest BCUT2D eigenvalue weighted by Crippen LogP contribution is 2.41. The number of ether oxygens (including phenoxy) is 1. The molecule has 132 valence electrons. The van der Waals surface area contributed by atoms with Crippen LogP contribution < -0.4 is 0 Å². The summed E-state index contributed by atoms with van der Waals surface area (Å²) in [5, 5.41) is 0. The molecule has 0 aliphatic heterocycles. The average molecular weight is 344 g/mol. The summed E-state index contributed by atoms with van der Waals surface area (Å²) >= 11 is 0. The van der Waals surface area contributed by atoms with Crippen LogP contribution in [0.3, 0.4) is 0 Å². The Hall–Kier alpha value is -2.87. The minimum atomic E-state index is -0.968. The first-order valence-electron chi connectivity index (χ1n) is 9.08. The van der Waals surface area contributed by atoms with Crippen LogP contribution >= 0.6 is 0 Å². The Morgan fingerprint density at radius 1 is 0.769 bits per heavy atom. The highest BCUT2D eigenvalue weighted by atomic mass is 16.6. The maximum Gasteiger partial charge on any atom is 0.310 e. The Labute approximate surface area is 155 Å². The second-order valence-corrected chi connectivity index (χ2v) is 6.51. The van der Waals surface area contributed by atoms with E-state index in [1.165, 1.54) is 0 Å².